The van der Waals surface area contributed by atoms with E-state index < -0.39 is 0 Å². The molecule has 0 aliphatic carbocycles. The summed E-state index contributed by atoms with van der Waals surface area (Å²) in [5.41, 5.74) is 1.03. The van der Waals surface area contributed by atoms with Gasteiger partial charge in [0.25, 0.3) is 0 Å². The Morgan fingerprint density at radius 2 is 2.20 bits per heavy atom. The summed E-state index contributed by atoms with van der Waals surface area (Å²) in [5, 5.41) is 6.22. The molecule has 2 rings (SSSR count). The van der Waals surface area contributed by atoms with E-state index in [0.717, 1.165) is 25.1 Å². The Labute approximate surface area is 89.1 Å². The molecule has 1 fully saturated rings. The van der Waals surface area contributed by atoms with Crippen molar-refractivity contribution in [2.75, 3.05) is 11.9 Å². The van der Waals surface area contributed by atoms with E-state index in [1.165, 1.54) is 0 Å². The molecule has 1 amide bonds. The number of amides is 1. The number of carbonyl (C=O) groups excluding carboxylic acids is 1. The van der Waals surface area contributed by atoms with Crippen molar-refractivity contribution >= 4 is 11.6 Å². The van der Waals surface area contributed by atoms with Gasteiger partial charge in [0, 0.05) is 37.1 Å². The van der Waals surface area contributed by atoms with E-state index in [2.05, 4.69) is 15.6 Å². The number of carbonyl (C=O) groups is 1. The molecule has 0 bridgehead atoms. The summed E-state index contributed by atoms with van der Waals surface area (Å²) in [5.74, 6) is 0.138. The van der Waals surface area contributed by atoms with E-state index in [0.29, 0.717) is 6.42 Å². The lowest BCUT2D eigenvalue weighted by Crippen LogP contribution is -2.26. The molecule has 0 spiro atoms. The summed E-state index contributed by atoms with van der Waals surface area (Å²) in [7, 11) is 0. The van der Waals surface area contributed by atoms with Gasteiger partial charge in [-0.05, 0) is 25.0 Å². The average molecular weight is 205 g/mol. The quantitative estimate of drug-likeness (QED) is 0.761. The van der Waals surface area contributed by atoms with Crippen molar-refractivity contribution in [1.29, 1.82) is 0 Å². The Bertz CT molecular complexity index is 326. The molecular formula is C11H15N3O. The fraction of sp³-hybridized carbons (Fsp3) is 0.455. The molecule has 1 aliphatic heterocycles. The molecule has 1 aromatic rings. The Balaban J connectivity index is 1.96. The Kier molecular flexibility index (Phi) is 3.17. The fourth-order valence-electron chi connectivity index (χ4n) is 1.78. The van der Waals surface area contributed by atoms with Gasteiger partial charge in [-0.15, -0.1) is 0 Å². The van der Waals surface area contributed by atoms with Gasteiger partial charge in [0.15, 0.2) is 0 Å². The molecule has 2 heterocycles. The lowest BCUT2D eigenvalue weighted by atomic mass is 10.1. The number of pyridine rings is 1. The van der Waals surface area contributed by atoms with Crippen LogP contribution in [-0.4, -0.2) is 23.5 Å². The summed E-state index contributed by atoms with van der Waals surface area (Å²) >= 11 is 0. The maximum absolute atomic E-state index is 11.3. The fourth-order valence-corrected chi connectivity index (χ4v) is 1.78. The van der Waals surface area contributed by atoms with Crippen molar-refractivity contribution in [3.63, 3.8) is 0 Å². The van der Waals surface area contributed by atoms with Crippen LogP contribution in [0.25, 0.3) is 0 Å². The van der Waals surface area contributed by atoms with Crippen molar-refractivity contribution in [1.82, 2.24) is 10.3 Å². The minimum Gasteiger partial charge on any atom is -0.382 e. The minimum absolute atomic E-state index is 0.138. The molecule has 0 saturated carbocycles. The number of hydrogen-bond acceptors (Lipinski definition) is 3. The summed E-state index contributed by atoms with van der Waals surface area (Å²) in [6.07, 6.45) is 6.12. The van der Waals surface area contributed by atoms with E-state index in [4.69, 9.17) is 0 Å². The number of hydrogen-bond donors (Lipinski definition) is 2. The highest BCUT2D eigenvalue weighted by atomic mass is 16.1. The van der Waals surface area contributed by atoms with Crippen molar-refractivity contribution in [3.05, 3.63) is 24.5 Å². The van der Waals surface area contributed by atoms with E-state index in [1.54, 1.807) is 12.4 Å². The topological polar surface area (TPSA) is 54.0 Å². The monoisotopic (exact) mass is 205 g/mol. The summed E-state index contributed by atoms with van der Waals surface area (Å²) in [6.45, 7) is 0.799. The first-order valence-electron chi connectivity index (χ1n) is 5.28. The molecule has 1 unspecified atom stereocenters. The number of aromatic nitrogens is 1. The molecular weight excluding hydrogens is 190 g/mol. The highest BCUT2D eigenvalue weighted by Gasteiger charge is 2.16. The zero-order valence-electron chi connectivity index (χ0n) is 8.57. The van der Waals surface area contributed by atoms with Crippen LogP contribution in [0, 0.1) is 0 Å². The molecule has 1 aromatic heterocycles. The van der Waals surface area contributed by atoms with Crippen molar-refractivity contribution in [3.8, 4) is 0 Å². The molecule has 2 N–H and O–H groups in total. The number of nitrogens with one attached hydrogen (secondary N) is 2. The van der Waals surface area contributed by atoms with E-state index in [1.807, 2.05) is 12.1 Å². The van der Waals surface area contributed by atoms with Gasteiger partial charge in [0.1, 0.15) is 0 Å². The zero-order valence-corrected chi connectivity index (χ0v) is 8.57. The number of anilines is 1. The van der Waals surface area contributed by atoms with Gasteiger partial charge in [-0.25, -0.2) is 0 Å². The van der Waals surface area contributed by atoms with Gasteiger partial charge in [-0.3, -0.25) is 9.78 Å². The van der Waals surface area contributed by atoms with Crippen LogP contribution < -0.4 is 10.6 Å². The standard InChI is InChI=1S/C11H15N3O/c15-11-8-10(2-1-5-13-11)14-9-3-6-12-7-4-9/h3-4,6-7,10H,1-2,5,8H2,(H,12,14)(H,13,15). The van der Waals surface area contributed by atoms with Gasteiger partial charge in [0.05, 0.1) is 0 Å². The zero-order chi connectivity index (χ0) is 10.5. The lowest BCUT2D eigenvalue weighted by molar-refractivity contribution is -0.120. The Morgan fingerprint density at radius 1 is 1.40 bits per heavy atom. The number of nitrogens with zero attached hydrogens (tertiary/aromatic N) is 1. The van der Waals surface area contributed by atoms with Crippen LogP contribution in [0.2, 0.25) is 0 Å². The predicted octanol–water partition coefficient (Wildman–Crippen LogP) is 1.16. The maximum Gasteiger partial charge on any atom is 0.222 e. The van der Waals surface area contributed by atoms with Gasteiger partial charge in [-0.2, -0.15) is 0 Å². The largest absolute Gasteiger partial charge is 0.382 e. The van der Waals surface area contributed by atoms with Crippen LogP contribution in [0.15, 0.2) is 24.5 Å². The first kappa shape index (κ1) is 9.96. The molecule has 1 saturated heterocycles. The van der Waals surface area contributed by atoms with Crippen LogP contribution in [0.1, 0.15) is 19.3 Å². The first-order chi connectivity index (χ1) is 7.34. The molecule has 15 heavy (non-hydrogen) atoms. The van der Waals surface area contributed by atoms with Crippen LogP contribution >= 0.6 is 0 Å². The molecule has 4 heteroatoms. The van der Waals surface area contributed by atoms with Crippen LogP contribution in [-0.2, 0) is 4.79 Å². The summed E-state index contributed by atoms with van der Waals surface area (Å²) < 4.78 is 0. The second-order valence-electron chi connectivity index (χ2n) is 3.77. The van der Waals surface area contributed by atoms with Crippen molar-refractivity contribution in [2.45, 2.75) is 25.3 Å². The highest BCUT2D eigenvalue weighted by Crippen LogP contribution is 2.13. The van der Waals surface area contributed by atoms with Crippen molar-refractivity contribution in [2.24, 2.45) is 0 Å². The van der Waals surface area contributed by atoms with Crippen LogP contribution in [0.3, 0.4) is 0 Å². The Morgan fingerprint density at radius 3 is 3.00 bits per heavy atom. The SMILES string of the molecule is O=C1CC(Nc2ccncc2)CCCN1. The summed E-state index contributed by atoms with van der Waals surface area (Å²) in [4.78, 5) is 15.3. The molecule has 4 nitrogen and oxygen atoms in total. The van der Waals surface area contributed by atoms with E-state index >= 15 is 0 Å². The molecule has 80 valence electrons. The van der Waals surface area contributed by atoms with Gasteiger partial charge < -0.3 is 10.6 Å². The van der Waals surface area contributed by atoms with Crippen LogP contribution in [0.4, 0.5) is 5.69 Å². The first-order valence-corrected chi connectivity index (χ1v) is 5.28. The van der Waals surface area contributed by atoms with Crippen molar-refractivity contribution < 1.29 is 4.79 Å². The van der Waals surface area contributed by atoms with Gasteiger partial charge in [-0.1, -0.05) is 0 Å². The summed E-state index contributed by atoms with van der Waals surface area (Å²) in [6, 6.07) is 4.08. The van der Waals surface area contributed by atoms with E-state index in [-0.39, 0.29) is 11.9 Å². The predicted molar refractivity (Wildman–Crippen MR) is 58.5 cm³/mol. The number of rotatable bonds is 2. The molecule has 0 radical (unpaired) electrons. The van der Waals surface area contributed by atoms with E-state index in [9.17, 15) is 4.79 Å². The third kappa shape index (κ3) is 2.94. The Hall–Kier alpha value is -1.58. The second-order valence-corrected chi connectivity index (χ2v) is 3.77. The maximum atomic E-state index is 11.3. The smallest absolute Gasteiger partial charge is 0.222 e. The average Bonchev–Trinajstić information content (AvgIpc) is 2.44. The second kappa shape index (κ2) is 4.77. The van der Waals surface area contributed by atoms with Crippen LogP contribution in [0.5, 0.6) is 0 Å². The minimum atomic E-state index is 0.138. The van der Waals surface area contributed by atoms with Gasteiger partial charge in [0.2, 0.25) is 5.91 Å². The third-order valence-electron chi connectivity index (χ3n) is 2.53. The van der Waals surface area contributed by atoms with Gasteiger partial charge >= 0.3 is 0 Å². The molecule has 0 aromatic carbocycles. The highest BCUT2D eigenvalue weighted by molar-refractivity contribution is 5.77. The molecule has 1 aliphatic rings. The molecule has 1 atom stereocenters. The lowest BCUT2D eigenvalue weighted by Gasteiger charge is -2.16. The normalized spacial score (nSPS) is 21.6. The third-order valence-corrected chi connectivity index (χ3v) is 2.53.